The van der Waals surface area contributed by atoms with Crippen LogP contribution in [-0.2, 0) is 14.6 Å². The van der Waals surface area contributed by atoms with Gasteiger partial charge in [-0.1, -0.05) is 18.2 Å². The lowest BCUT2D eigenvalue weighted by atomic mass is 9.68. The van der Waals surface area contributed by atoms with E-state index in [0.29, 0.717) is 23.3 Å². The van der Waals surface area contributed by atoms with Crippen molar-refractivity contribution in [2.45, 2.75) is 36.2 Å². The summed E-state index contributed by atoms with van der Waals surface area (Å²) in [6.45, 7) is 0.701. The molecular formula is C16H19ClO3S. The molecule has 114 valence electrons. The van der Waals surface area contributed by atoms with Gasteiger partial charge in [-0.15, -0.1) is 11.6 Å². The molecule has 1 aromatic rings. The van der Waals surface area contributed by atoms with Crippen LogP contribution in [0.25, 0.3) is 0 Å². The van der Waals surface area contributed by atoms with E-state index in [4.69, 9.17) is 16.3 Å². The van der Waals surface area contributed by atoms with Gasteiger partial charge in [-0.3, -0.25) is 0 Å². The second-order valence-electron chi connectivity index (χ2n) is 6.62. The molecule has 1 saturated carbocycles. The van der Waals surface area contributed by atoms with Gasteiger partial charge in [0.05, 0.1) is 16.8 Å². The van der Waals surface area contributed by atoms with Gasteiger partial charge in [-0.2, -0.15) is 0 Å². The van der Waals surface area contributed by atoms with E-state index in [1.165, 1.54) is 12.8 Å². The van der Waals surface area contributed by atoms with Crippen LogP contribution in [0.5, 0.6) is 0 Å². The third-order valence-electron chi connectivity index (χ3n) is 5.44. The molecule has 2 aliphatic heterocycles. The molecule has 1 aliphatic carbocycles. The van der Waals surface area contributed by atoms with E-state index in [9.17, 15) is 8.42 Å². The Morgan fingerprint density at radius 2 is 2.05 bits per heavy atom. The minimum absolute atomic E-state index is 0.0238. The van der Waals surface area contributed by atoms with Gasteiger partial charge in [-0.25, -0.2) is 8.42 Å². The third kappa shape index (κ3) is 1.99. The molecule has 0 bridgehead atoms. The molecule has 1 saturated heterocycles. The number of hydrogen-bond donors (Lipinski definition) is 0. The maximum Gasteiger partial charge on any atom is 0.179 e. The van der Waals surface area contributed by atoms with Crippen LogP contribution in [-0.4, -0.2) is 32.8 Å². The molecule has 5 heteroatoms. The molecule has 3 atom stereocenters. The lowest BCUT2D eigenvalue weighted by Crippen LogP contribution is -2.41. The summed E-state index contributed by atoms with van der Waals surface area (Å²) in [5.41, 5.74) is 0.733. The first-order valence-corrected chi connectivity index (χ1v) is 9.76. The monoisotopic (exact) mass is 326 g/mol. The van der Waals surface area contributed by atoms with Gasteiger partial charge in [0, 0.05) is 23.8 Å². The Balaban J connectivity index is 1.82. The Kier molecular flexibility index (Phi) is 3.15. The molecule has 0 spiro atoms. The molecule has 2 heterocycles. The summed E-state index contributed by atoms with van der Waals surface area (Å²) in [7, 11) is -3.18. The smallest absolute Gasteiger partial charge is 0.179 e. The minimum atomic E-state index is -3.18. The summed E-state index contributed by atoms with van der Waals surface area (Å²) >= 11 is 6.40. The lowest BCUT2D eigenvalue weighted by Gasteiger charge is -2.38. The number of fused-ring (bicyclic) bond motifs is 1. The van der Waals surface area contributed by atoms with Crippen LogP contribution >= 0.6 is 11.6 Å². The molecule has 0 amide bonds. The third-order valence-corrected chi connectivity index (χ3v) is 7.75. The maximum absolute atomic E-state index is 12.5. The van der Waals surface area contributed by atoms with Gasteiger partial charge in [0.2, 0.25) is 0 Å². The molecule has 0 radical (unpaired) electrons. The van der Waals surface area contributed by atoms with Crippen molar-refractivity contribution in [1.29, 1.82) is 0 Å². The van der Waals surface area contributed by atoms with E-state index < -0.39 is 9.84 Å². The first-order chi connectivity index (χ1) is 10.1. The van der Waals surface area contributed by atoms with Gasteiger partial charge < -0.3 is 4.74 Å². The Morgan fingerprint density at radius 3 is 2.76 bits per heavy atom. The highest BCUT2D eigenvalue weighted by atomic mass is 35.5. The second kappa shape index (κ2) is 4.71. The van der Waals surface area contributed by atoms with Gasteiger partial charge >= 0.3 is 0 Å². The van der Waals surface area contributed by atoms with E-state index in [0.717, 1.165) is 12.0 Å². The van der Waals surface area contributed by atoms with Crippen molar-refractivity contribution < 1.29 is 13.2 Å². The first kappa shape index (κ1) is 14.0. The van der Waals surface area contributed by atoms with Crippen molar-refractivity contribution >= 4 is 21.4 Å². The molecule has 3 nitrogen and oxygen atoms in total. The molecule has 21 heavy (non-hydrogen) atoms. The highest BCUT2D eigenvalue weighted by molar-refractivity contribution is 7.91. The van der Waals surface area contributed by atoms with Gasteiger partial charge in [0.25, 0.3) is 0 Å². The van der Waals surface area contributed by atoms with Crippen LogP contribution in [0, 0.1) is 11.3 Å². The van der Waals surface area contributed by atoms with Crippen molar-refractivity contribution in [2.24, 2.45) is 11.3 Å². The largest absolute Gasteiger partial charge is 0.377 e. The van der Waals surface area contributed by atoms with Crippen LogP contribution in [0.3, 0.4) is 0 Å². The molecular weight excluding hydrogens is 308 g/mol. The minimum Gasteiger partial charge on any atom is -0.377 e. The van der Waals surface area contributed by atoms with Crippen LogP contribution in [0.15, 0.2) is 29.2 Å². The van der Waals surface area contributed by atoms with E-state index in [1.54, 1.807) is 12.1 Å². The van der Waals surface area contributed by atoms with Crippen molar-refractivity contribution in [3.8, 4) is 0 Å². The molecule has 3 aliphatic rings. The average molecular weight is 327 g/mol. The fourth-order valence-corrected chi connectivity index (χ4v) is 6.68. The van der Waals surface area contributed by atoms with E-state index >= 15 is 0 Å². The Hall–Kier alpha value is -0.580. The molecule has 2 fully saturated rings. The lowest BCUT2D eigenvalue weighted by molar-refractivity contribution is 0.0310. The predicted molar refractivity (Wildman–Crippen MR) is 81.5 cm³/mol. The van der Waals surface area contributed by atoms with Crippen LogP contribution in [0.1, 0.15) is 30.7 Å². The zero-order chi connectivity index (χ0) is 14.7. The zero-order valence-corrected chi connectivity index (χ0v) is 13.4. The summed E-state index contributed by atoms with van der Waals surface area (Å²) in [5, 5.41) is 0. The number of alkyl halides is 1. The summed E-state index contributed by atoms with van der Waals surface area (Å²) in [6.07, 6.45) is 3.36. The quantitative estimate of drug-likeness (QED) is 0.802. The van der Waals surface area contributed by atoms with Crippen molar-refractivity contribution in [1.82, 2.24) is 0 Å². The number of ether oxygens (including phenoxy) is 1. The normalized spacial score (nSPS) is 37.6. The topological polar surface area (TPSA) is 43.4 Å². The molecule has 0 aromatic heterocycles. The predicted octanol–water partition coefficient (Wildman–Crippen LogP) is 2.98. The van der Waals surface area contributed by atoms with Gasteiger partial charge in [0.15, 0.2) is 9.84 Å². The Bertz CT molecular complexity index is 668. The number of rotatable bonds is 3. The fourth-order valence-electron chi connectivity index (χ4n) is 4.22. The van der Waals surface area contributed by atoms with E-state index in [-0.39, 0.29) is 23.2 Å². The van der Waals surface area contributed by atoms with Crippen molar-refractivity contribution in [3.63, 3.8) is 0 Å². The molecule has 1 aromatic carbocycles. The number of hydrogen-bond acceptors (Lipinski definition) is 3. The Labute approximate surface area is 130 Å². The van der Waals surface area contributed by atoms with Gasteiger partial charge in [0.1, 0.15) is 0 Å². The SMILES string of the molecule is O=S1(=O)CC(C2(CCl)CCOC2C2CC2)c2ccccc21. The number of halogens is 1. The molecule has 0 N–H and O–H groups in total. The summed E-state index contributed by atoms with van der Waals surface area (Å²) < 4.78 is 31.0. The van der Waals surface area contributed by atoms with Crippen LogP contribution in [0.2, 0.25) is 0 Å². The van der Waals surface area contributed by atoms with Crippen LogP contribution in [0.4, 0.5) is 0 Å². The van der Waals surface area contributed by atoms with Crippen LogP contribution < -0.4 is 0 Å². The highest BCUT2D eigenvalue weighted by Gasteiger charge is 2.57. The fraction of sp³-hybridized carbons (Fsp3) is 0.625. The second-order valence-corrected chi connectivity index (χ2v) is 8.89. The van der Waals surface area contributed by atoms with E-state index in [2.05, 4.69) is 0 Å². The van der Waals surface area contributed by atoms with Gasteiger partial charge in [-0.05, 0) is 36.8 Å². The molecule has 4 rings (SSSR count). The van der Waals surface area contributed by atoms with Crippen molar-refractivity contribution in [3.05, 3.63) is 29.8 Å². The van der Waals surface area contributed by atoms with Crippen molar-refractivity contribution in [2.75, 3.05) is 18.2 Å². The summed E-state index contributed by atoms with van der Waals surface area (Å²) in [5.74, 6) is 1.21. The van der Waals surface area contributed by atoms with E-state index in [1.807, 2.05) is 12.1 Å². The summed E-state index contributed by atoms with van der Waals surface area (Å²) in [4.78, 5) is 0.501. The first-order valence-electron chi connectivity index (χ1n) is 7.58. The zero-order valence-electron chi connectivity index (χ0n) is 11.8. The maximum atomic E-state index is 12.5. The number of sulfone groups is 1. The molecule has 3 unspecified atom stereocenters. The Morgan fingerprint density at radius 1 is 1.29 bits per heavy atom. The standard InChI is InChI=1S/C16H19ClO3S/c17-10-16(7-8-20-15(16)11-5-6-11)13-9-21(18,19)14-4-2-1-3-12(13)14/h1-4,11,13,15H,5-10H2. The number of benzene rings is 1. The summed E-state index contributed by atoms with van der Waals surface area (Å²) in [6, 6.07) is 7.42. The highest BCUT2D eigenvalue weighted by Crippen LogP contribution is 2.57. The average Bonchev–Trinajstić information content (AvgIpc) is 3.17.